The molecule has 0 radical (unpaired) electrons. The number of aromatic hydroxyl groups is 6. The molecule has 7 rings (SSSR count). The maximum atomic E-state index is 13.2. The molecule has 0 heterocycles. The van der Waals surface area contributed by atoms with E-state index in [0.29, 0.717) is 5.56 Å². The lowest BCUT2D eigenvalue weighted by Gasteiger charge is -2.22. The van der Waals surface area contributed by atoms with Crippen molar-refractivity contribution in [1.82, 2.24) is 0 Å². The normalized spacial score (nSPS) is 12.3. The summed E-state index contributed by atoms with van der Waals surface area (Å²) in [5, 5.41) is 76.7. The van der Waals surface area contributed by atoms with Crippen molar-refractivity contribution in [3.8, 4) is 34.5 Å². The Labute approximate surface area is 216 Å². The molecule has 0 aliphatic rings. The van der Waals surface area contributed by atoms with E-state index >= 15 is 0 Å². The zero-order valence-electron chi connectivity index (χ0n) is 20.1. The van der Waals surface area contributed by atoms with Crippen LogP contribution in [0.15, 0.2) is 46.0 Å². The Morgan fingerprint density at radius 2 is 0.923 bits per heavy atom. The molecular weight excluding hydrogens is 504 g/mol. The number of hydrogen-bond acceptors (Lipinski definition) is 9. The van der Waals surface area contributed by atoms with Crippen LogP contribution in [0.5, 0.6) is 34.5 Å². The van der Waals surface area contributed by atoms with E-state index in [1.54, 1.807) is 13.0 Å². The highest BCUT2D eigenvalue weighted by Gasteiger charge is 2.29. The second kappa shape index (κ2) is 7.18. The van der Waals surface area contributed by atoms with Gasteiger partial charge >= 0.3 is 0 Å². The first-order chi connectivity index (χ1) is 18.5. The van der Waals surface area contributed by atoms with E-state index in [1.807, 2.05) is 0 Å². The monoisotopic (exact) mass is 522 g/mol. The van der Waals surface area contributed by atoms with Gasteiger partial charge in [0, 0.05) is 33.7 Å². The second-order valence-electron chi connectivity index (χ2n) is 9.89. The molecule has 0 saturated carbocycles. The summed E-state index contributed by atoms with van der Waals surface area (Å²) in [5.41, 5.74) is -0.430. The van der Waals surface area contributed by atoms with Crippen LogP contribution < -0.4 is 10.9 Å². The third kappa shape index (κ3) is 2.61. The number of aliphatic hydroxyl groups excluding tert-OH is 1. The minimum atomic E-state index is -0.647. The Morgan fingerprint density at radius 1 is 0.487 bits per heavy atom. The number of fused-ring (bicyclic) bond motifs is 6. The van der Waals surface area contributed by atoms with Crippen LogP contribution in [0.25, 0.3) is 64.6 Å². The summed E-state index contributed by atoms with van der Waals surface area (Å²) in [6.07, 6.45) is 0. The largest absolute Gasteiger partial charge is 0.507 e. The first kappa shape index (κ1) is 22.9. The van der Waals surface area contributed by atoms with Gasteiger partial charge in [-0.3, -0.25) is 9.59 Å². The number of aryl methyl sites for hydroxylation is 1. The van der Waals surface area contributed by atoms with Crippen LogP contribution in [0, 0.1) is 6.92 Å². The molecule has 0 aliphatic heterocycles. The van der Waals surface area contributed by atoms with Crippen LogP contribution in [-0.2, 0) is 6.61 Å². The SMILES string of the molecule is Cc1cc(=O)c2c(O)c3c(O)cc(O)c4c5c(O)cc(O)c6c(O)c7c(=O)cc(CO)cc7c(c65)c(c2c1)c34. The average Bonchev–Trinajstić information content (AvgIpc) is 2.85. The van der Waals surface area contributed by atoms with E-state index in [2.05, 4.69) is 0 Å². The Hall–Kier alpha value is -5.28. The maximum Gasteiger partial charge on any atom is 0.190 e. The lowest BCUT2D eigenvalue weighted by Crippen LogP contribution is -2.05. The quantitative estimate of drug-likeness (QED) is 0.123. The Morgan fingerprint density at radius 3 is 1.41 bits per heavy atom. The number of phenols is 6. The van der Waals surface area contributed by atoms with Crippen LogP contribution in [0.1, 0.15) is 11.1 Å². The predicted molar refractivity (Wildman–Crippen MR) is 147 cm³/mol. The van der Waals surface area contributed by atoms with Crippen molar-refractivity contribution in [2.24, 2.45) is 0 Å². The first-order valence-electron chi connectivity index (χ1n) is 11.9. The Kier molecular flexibility index (Phi) is 4.21. The van der Waals surface area contributed by atoms with Gasteiger partial charge in [-0.15, -0.1) is 0 Å². The van der Waals surface area contributed by atoms with Crippen LogP contribution in [0.4, 0.5) is 0 Å². The van der Waals surface area contributed by atoms with Crippen molar-refractivity contribution in [3.05, 3.63) is 68.0 Å². The smallest absolute Gasteiger partial charge is 0.190 e. The standard InChI is InChI=1S/C30H18O9/c1-9-2-11-19(13(32)3-9)29(38)25-17(36)6-15(34)23-24-16(35)7-18(37)26-28(24)22(21(11)27(23)25)12-4-10(8-31)5-14(33)20(12)30(26)39/h2-7,31,34-39H,8H2,1H3. The van der Waals surface area contributed by atoms with Gasteiger partial charge in [0.2, 0.25) is 0 Å². The highest BCUT2D eigenvalue weighted by molar-refractivity contribution is 6.46. The summed E-state index contributed by atoms with van der Waals surface area (Å²) < 4.78 is 0. The third-order valence-corrected chi connectivity index (χ3v) is 7.65. The molecule has 0 bridgehead atoms. The zero-order valence-corrected chi connectivity index (χ0v) is 20.1. The molecule has 0 atom stereocenters. The lowest BCUT2D eigenvalue weighted by atomic mass is 9.82. The Bertz CT molecular complexity index is 2380. The molecule has 0 aliphatic carbocycles. The fourth-order valence-electron chi connectivity index (χ4n) is 6.23. The number of rotatable bonds is 1. The van der Waals surface area contributed by atoms with Gasteiger partial charge in [-0.2, -0.15) is 0 Å². The lowest BCUT2D eigenvalue weighted by molar-refractivity contribution is 0.282. The fraction of sp³-hybridized carbons (Fsp3) is 0.0667. The number of phenolic OH excluding ortho intramolecular Hbond substituents is 6. The van der Waals surface area contributed by atoms with Crippen molar-refractivity contribution < 1.29 is 35.7 Å². The van der Waals surface area contributed by atoms with Crippen molar-refractivity contribution in [2.45, 2.75) is 13.5 Å². The molecule has 192 valence electrons. The fourth-order valence-corrected chi connectivity index (χ4v) is 6.23. The van der Waals surface area contributed by atoms with Gasteiger partial charge in [-0.05, 0) is 57.8 Å². The average molecular weight is 522 g/mol. The third-order valence-electron chi connectivity index (χ3n) is 7.65. The van der Waals surface area contributed by atoms with E-state index < -0.39 is 52.0 Å². The van der Waals surface area contributed by atoms with E-state index in [9.17, 15) is 45.3 Å². The minimum Gasteiger partial charge on any atom is -0.507 e. The molecule has 0 aromatic heterocycles. The van der Waals surface area contributed by atoms with Gasteiger partial charge in [-0.25, -0.2) is 0 Å². The summed E-state index contributed by atoms with van der Waals surface area (Å²) in [4.78, 5) is 26.4. The van der Waals surface area contributed by atoms with E-state index in [4.69, 9.17) is 0 Å². The number of aliphatic hydroxyl groups is 1. The molecule has 39 heavy (non-hydrogen) atoms. The summed E-state index contributed by atoms with van der Waals surface area (Å²) >= 11 is 0. The molecular formula is C30H18O9. The van der Waals surface area contributed by atoms with Crippen LogP contribution >= 0.6 is 0 Å². The van der Waals surface area contributed by atoms with Crippen LogP contribution in [0.2, 0.25) is 0 Å². The number of hydrogen-bond donors (Lipinski definition) is 7. The van der Waals surface area contributed by atoms with Crippen LogP contribution in [0.3, 0.4) is 0 Å². The van der Waals surface area contributed by atoms with Crippen molar-refractivity contribution >= 4 is 64.6 Å². The van der Waals surface area contributed by atoms with Crippen molar-refractivity contribution in [3.63, 3.8) is 0 Å². The molecule has 0 saturated heterocycles. The van der Waals surface area contributed by atoms with E-state index in [-0.39, 0.29) is 70.2 Å². The zero-order chi connectivity index (χ0) is 27.7. The first-order valence-corrected chi connectivity index (χ1v) is 11.9. The molecule has 0 spiro atoms. The summed E-state index contributed by atoms with van der Waals surface area (Å²) in [7, 11) is 0. The van der Waals surface area contributed by atoms with Gasteiger partial charge in [-0.1, -0.05) is 6.07 Å². The van der Waals surface area contributed by atoms with Gasteiger partial charge < -0.3 is 35.7 Å². The summed E-state index contributed by atoms with van der Waals surface area (Å²) in [6, 6.07) is 7.50. The molecule has 0 unspecified atom stereocenters. The second-order valence-corrected chi connectivity index (χ2v) is 9.89. The van der Waals surface area contributed by atoms with Crippen molar-refractivity contribution in [1.29, 1.82) is 0 Å². The molecule has 7 aromatic rings. The highest BCUT2D eigenvalue weighted by Crippen LogP contribution is 2.57. The highest BCUT2D eigenvalue weighted by atomic mass is 16.3. The summed E-state index contributed by atoms with van der Waals surface area (Å²) in [5.74, 6) is -3.14. The molecule has 7 N–H and O–H groups in total. The van der Waals surface area contributed by atoms with Gasteiger partial charge in [0.25, 0.3) is 0 Å². The van der Waals surface area contributed by atoms with Gasteiger partial charge in [0.1, 0.15) is 34.5 Å². The van der Waals surface area contributed by atoms with E-state index in [1.165, 1.54) is 12.1 Å². The molecule has 0 fully saturated rings. The molecule has 0 amide bonds. The maximum absolute atomic E-state index is 13.2. The summed E-state index contributed by atoms with van der Waals surface area (Å²) in [6.45, 7) is 1.17. The molecule has 9 nitrogen and oxygen atoms in total. The van der Waals surface area contributed by atoms with E-state index in [0.717, 1.165) is 18.2 Å². The predicted octanol–water partition coefficient (Wildman–Crippen LogP) is 4.24. The topological polar surface area (TPSA) is 176 Å². The van der Waals surface area contributed by atoms with Crippen LogP contribution in [-0.4, -0.2) is 35.7 Å². The molecule has 9 heteroatoms. The number of benzene rings is 7. The van der Waals surface area contributed by atoms with Gasteiger partial charge in [0.05, 0.1) is 28.2 Å². The Balaban J connectivity index is 2.08. The minimum absolute atomic E-state index is 0.0154. The van der Waals surface area contributed by atoms with Gasteiger partial charge in [0.15, 0.2) is 10.9 Å². The van der Waals surface area contributed by atoms with Crippen molar-refractivity contribution in [2.75, 3.05) is 0 Å². The molecule has 7 aromatic carbocycles.